The maximum absolute atomic E-state index is 12.4. The number of carbonyl (C=O) groups excluding carboxylic acids is 1. The van der Waals surface area contributed by atoms with Crippen LogP contribution < -0.4 is 0 Å². The molecule has 0 saturated carbocycles. The van der Waals surface area contributed by atoms with E-state index in [9.17, 15) is 9.59 Å². The summed E-state index contributed by atoms with van der Waals surface area (Å²) in [5, 5.41) is 13.5. The van der Waals surface area contributed by atoms with Gasteiger partial charge in [-0.25, -0.2) is 4.98 Å². The number of rotatable bonds is 6. The fraction of sp³-hybridized carbons (Fsp3) is 0.357. The van der Waals surface area contributed by atoms with Gasteiger partial charge in [-0.2, -0.15) is 0 Å². The smallest absolute Gasteiger partial charge is 0.308 e. The van der Waals surface area contributed by atoms with Crippen LogP contribution in [-0.4, -0.2) is 40.0 Å². The first-order valence-electron chi connectivity index (χ1n) is 6.54. The highest BCUT2D eigenvalue weighted by Crippen LogP contribution is 2.28. The normalized spacial score (nSPS) is 12.1. The van der Waals surface area contributed by atoms with Gasteiger partial charge in [0.2, 0.25) is 0 Å². The molecule has 0 aliphatic rings. The molecule has 0 aromatic carbocycles. The monoisotopic (exact) mass is 324 g/mol. The predicted molar refractivity (Wildman–Crippen MR) is 83.8 cm³/mol. The number of carbonyl (C=O) groups is 2. The van der Waals surface area contributed by atoms with Crippen molar-refractivity contribution >= 4 is 34.6 Å². The van der Waals surface area contributed by atoms with Crippen molar-refractivity contribution in [3.63, 3.8) is 0 Å². The van der Waals surface area contributed by atoms with E-state index in [1.54, 1.807) is 23.6 Å². The molecule has 0 spiro atoms. The molecule has 112 valence electrons. The van der Waals surface area contributed by atoms with E-state index in [0.717, 1.165) is 9.88 Å². The molecule has 0 radical (unpaired) electrons. The highest BCUT2D eigenvalue weighted by Gasteiger charge is 2.22. The minimum atomic E-state index is -0.904. The van der Waals surface area contributed by atoms with Crippen LogP contribution in [0.5, 0.6) is 0 Å². The molecule has 2 aromatic heterocycles. The lowest BCUT2D eigenvalue weighted by atomic mass is 10.1. The summed E-state index contributed by atoms with van der Waals surface area (Å²) in [5.41, 5.74) is 0.378. The average molecular weight is 324 g/mol. The number of carboxylic acids is 1. The number of aromatic nitrogens is 1. The number of hydrogen-bond acceptors (Lipinski definition) is 5. The zero-order valence-electron chi connectivity index (χ0n) is 11.8. The molecule has 7 heteroatoms. The minimum absolute atomic E-state index is 0.191. The number of thiazole rings is 1. The van der Waals surface area contributed by atoms with E-state index >= 15 is 0 Å². The Kier molecular flexibility index (Phi) is 5.08. The first-order valence-corrected chi connectivity index (χ1v) is 8.30. The van der Waals surface area contributed by atoms with Gasteiger partial charge >= 0.3 is 5.97 Å². The van der Waals surface area contributed by atoms with Crippen molar-refractivity contribution in [1.82, 2.24) is 9.88 Å². The lowest BCUT2D eigenvalue weighted by molar-refractivity contribution is -0.141. The van der Waals surface area contributed by atoms with Crippen molar-refractivity contribution in [2.45, 2.75) is 13.8 Å². The van der Waals surface area contributed by atoms with E-state index in [-0.39, 0.29) is 12.5 Å². The molecular weight excluding hydrogens is 308 g/mol. The Hall–Kier alpha value is -1.73. The van der Waals surface area contributed by atoms with Gasteiger partial charge in [-0.1, -0.05) is 13.0 Å². The van der Waals surface area contributed by atoms with Crippen molar-refractivity contribution in [3.05, 3.63) is 28.6 Å². The molecule has 2 heterocycles. The Morgan fingerprint density at radius 1 is 1.43 bits per heavy atom. The maximum atomic E-state index is 12.4. The summed E-state index contributed by atoms with van der Waals surface area (Å²) in [6.45, 7) is 4.08. The highest BCUT2D eigenvalue weighted by atomic mass is 32.1. The van der Waals surface area contributed by atoms with Gasteiger partial charge in [0.15, 0.2) is 0 Å². The van der Waals surface area contributed by atoms with E-state index in [1.807, 2.05) is 24.4 Å². The zero-order valence-corrected chi connectivity index (χ0v) is 13.4. The second kappa shape index (κ2) is 6.82. The molecule has 1 unspecified atom stereocenters. The van der Waals surface area contributed by atoms with Gasteiger partial charge in [-0.15, -0.1) is 22.7 Å². The second-order valence-electron chi connectivity index (χ2n) is 4.60. The number of aliphatic carboxylic acids is 1. The molecule has 0 bridgehead atoms. The standard InChI is InChI=1S/C14H16N2O3S2/c1-3-16(7-9(2)14(18)19)13(17)10-8-21-12(15-10)11-5-4-6-20-11/h4-6,8-9H,3,7H2,1-2H3,(H,18,19). The quantitative estimate of drug-likeness (QED) is 0.886. The molecule has 0 aliphatic heterocycles. The van der Waals surface area contributed by atoms with Gasteiger partial charge in [0.05, 0.1) is 10.8 Å². The largest absolute Gasteiger partial charge is 0.481 e. The van der Waals surface area contributed by atoms with Crippen LogP contribution >= 0.6 is 22.7 Å². The molecule has 0 aliphatic carbocycles. The molecule has 2 aromatic rings. The van der Waals surface area contributed by atoms with Crippen molar-refractivity contribution in [1.29, 1.82) is 0 Å². The van der Waals surface area contributed by atoms with Gasteiger partial charge < -0.3 is 10.0 Å². The summed E-state index contributed by atoms with van der Waals surface area (Å²) in [4.78, 5) is 30.2. The van der Waals surface area contributed by atoms with Crippen LogP contribution in [0.4, 0.5) is 0 Å². The second-order valence-corrected chi connectivity index (χ2v) is 6.40. The van der Waals surface area contributed by atoms with E-state index < -0.39 is 11.9 Å². The van der Waals surface area contributed by atoms with Crippen molar-refractivity contribution in [3.8, 4) is 9.88 Å². The van der Waals surface area contributed by atoms with Crippen molar-refractivity contribution < 1.29 is 14.7 Å². The summed E-state index contributed by atoms with van der Waals surface area (Å²) in [7, 11) is 0. The number of carboxylic acid groups (broad SMARTS) is 1. The number of nitrogens with zero attached hydrogens (tertiary/aromatic N) is 2. The molecule has 1 amide bonds. The predicted octanol–water partition coefficient (Wildman–Crippen LogP) is 3.05. The number of thiophene rings is 1. The Labute approximate surface area is 130 Å². The molecule has 21 heavy (non-hydrogen) atoms. The first-order chi connectivity index (χ1) is 10.0. The molecule has 1 atom stereocenters. The Morgan fingerprint density at radius 3 is 2.76 bits per heavy atom. The van der Waals surface area contributed by atoms with Crippen LogP contribution in [-0.2, 0) is 4.79 Å². The van der Waals surface area contributed by atoms with E-state index in [0.29, 0.717) is 12.2 Å². The summed E-state index contributed by atoms with van der Waals surface area (Å²) in [6.07, 6.45) is 0. The minimum Gasteiger partial charge on any atom is -0.481 e. The van der Waals surface area contributed by atoms with E-state index in [2.05, 4.69) is 4.98 Å². The maximum Gasteiger partial charge on any atom is 0.308 e. The summed E-state index contributed by atoms with van der Waals surface area (Å²) in [6, 6.07) is 3.90. The lowest BCUT2D eigenvalue weighted by Gasteiger charge is -2.21. The fourth-order valence-corrected chi connectivity index (χ4v) is 3.42. The van der Waals surface area contributed by atoms with E-state index in [4.69, 9.17) is 5.11 Å². The average Bonchev–Trinajstić information content (AvgIpc) is 3.13. The van der Waals surface area contributed by atoms with Gasteiger partial charge in [-0.05, 0) is 18.4 Å². The van der Waals surface area contributed by atoms with E-state index in [1.165, 1.54) is 16.2 Å². The SMILES string of the molecule is CCN(CC(C)C(=O)O)C(=O)c1csc(-c2cccs2)n1. The Balaban J connectivity index is 2.13. The zero-order chi connectivity index (χ0) is 15.4. The Bertz CT molecular complexity index is 622. The first kappa shape index (κ1) is 15.7. The third kappa shape index (κ3) is 3.68. The molecule has 5 nitrogen and oxygen atoms in total. The third-order valence-corrected chi connectivity index (χ3v) is 4.92. The lowest BCUT2D eigenvalue weighted by Crippen LogP contribution is -2.36. The summed E-state index contributed by atoms with van der Waals surface area (Å²) in [5.74, 6) is -1.72. The van der Waals surface area contributed by atoms with Crippen molar-refractivity contribution in [2.24, 2.45) is 5.92 Å². The van der Waals surface area contributed by atoms with Gasteiger partial charge in [-0.3, -0.25) is 9.59 Å². The summed E-state index contributed by atoms with van der Waals surface area (Å²) < 4.78 is 0. The molecule has 2 rings (SSSR count). The van der Waals surface area contributed by atoms with Crippen LogP contribution in [0.3, 0.4) is 0 Å². The number of amides is 1. The van der Waals surface area contributed by atoms with Crippen LogP contribution in [0, 0.1) is 5.92 Å². The third-order valence-electron chi connectivity index (χ3n) is 3.04. The van der Waals surface area contributed by atoms with Gasteiger partial charge in [0, 0.05) is 18.5 Å². The molecular formula is C14H16N2O3S2. The van der Waals surface area contributed by atoms with Crippen LogP contribution in [0.25, 0.3) is 9.88 Å². The van der Waals surface area contributed by atoms with Gasteiger partial charge in [0.1, 0.15) is 10.7 Å². The van der Waals surface area contributed by atoms with Crippen LogP contribution in [0.1, 0.15) is 24.3 Å². The molecule has 0 fully saturated rings. The van der Waals surface area contributed by atoms with Crippen LogP contribution in [0.15, 0.2) is 22.9 Å². The molecule has 1 N–H and O–H groups in total. The fourth-order valence-electron chi connectivity index (χ4n) is 1.81. The molecule has 0 saturated heterocycles. The highest BCUT2D eigenvalue weighted by molar-refractivity contribution is 7.20. The Morgan fingerprint density at radius 2 is 2.19 bits per heavy atom. The number of hydrogen-bond donors (Lipinski definition) is 1. The van der Waals surface area contributed by atoms with Crippen LogP contribution in [0.2, 0.25) is 0 Å². The topological polar surface area (TPSA) is 70.5 Å². The van der Waals surface area contributed by atoms with Gasteiger partial charge in [0.25, 0.3) is 5.91 Å². The van der Waals surface area contributed by atoms with Crippen molar-refractivity contribution in [2.75, 3.05) is 13.1 Å². The summed E-state index contributed by atoms with van der Waals surface area (Å²) >= 11 is 3.00.